The van der Waals surface area contributed by atoms with E-state index >= 15 is 0 Å². The fourth-order valence-corrected chi connectivity index (χ4v) is 4.29. The molecule has 2 aromatic carbocycles. The molecule has 2 bridgehead atoms. The van der Waals surface area contributed by atoms with Crippen LogP contribution in [-0.2, 0) is 10.3 Å². The average molecular weight is 359 g/mol. The van der Waals surface area contributed by atoms with Gasteiger partial charge in [-0.15, -0.1) is 0 Å². The Morgan fingerprint density at radius 1 is 1.05 bits per heavy atom. The van der Waals surface area contributed by atoms with Crippen LogP contribution in [0, 0.1) is 5.92 Å². The van der Waals surface area contributed by atoms with Gasteiger partial charge in [0.1, 0.15) is 5.60 Å². The molecule has 1 saturated carbocycles. The molecular weight excluding hydrogens is 340 g/mol. The van der Waals surface area contributed by atoms with Gasteiger partial charge in [-0.3, -0.25) is 0 Å². The van der Waals surface area contributed by atoms with Crippen LogP contribution in [0.25, 0.3) is 0 Å². The van der Waals surface area contributed by atoms with Gasteiger partial charge in [0, 0.05) is 4.47 Å². The first kappa shape index (κ1) is 14.4. The first-order valence-electron chi connectivity index (χ1n) is 7.82. The van der Waals surface area contributed by atoms with E-state index in [-0.39, 0.29) is 6.10 Å². The smallest absolute Gasteiger partial charge is 0.116 e. The van der Waals surface area contributed by atoms with Gasteiger partial charge < -0.3 is 9.84 Å². The molecule has 1 saturated heterocycles. The molecule has 4 atom stereocenters. The summed E-state index contributed by atoms with van der Waals surface area (Å²) in [4.78, 5) is 0. The van der Waals surface area contributed by atoms with E-state index in [0.29, 0.717) is 11.8 Å². The second kappa shape index (κ2) is 5.48. The monoisotopic (exact) mass is 358 g/mol. The van der Waals surface area contributed by atoms with Gasteiger partial charge in [0.25, 0.3) is 0 Å². The Bertz CT molecular complexity index is 655. The minimum Gasteiger partial charge on any atom is -0.382 e. The summed E-state index contributed by atoms with van der Waals surface area (Å²) in [5.41, 5.74) is 1.39. The average Bonchev–Trinajstić information content (AvgIpc) is 3.00. The van der Waals surface area contributed by atoms with Crippen molar-refractivity contribution >= 4 is 15.9 Å². The zero-order chi connectivity index (χ0) is 15.2. The van der Waals surface area contributed by atoms with Crippen LogP contribution in [-0.4, -0.2) is 17.8 Å². The van der Waals surface area contributed by atoms with E-state index < -0.39 is 5.60 Å². The van der Waals surface area contributed by atoms with Crippen LogP contribution in [0.1, 0.15) is 29.9 Å². The number of hydrogen-bond donors (Lipinski definition) is 1. The lowest BCUT2D eigenvalue weighted by Gasteiger charge is -2.41. The van der Waals surface area contributed by atoms with Crippen LogP contribution in [0.4, 0.5) is 0 Å². The van der Waals surface area contributed by atoms with E-state index in [2.05, 4.69) is 40.2 Å². The van der Waals surface area contributed by atoms with Gasteiger partial charge in [0.2, 0.25) is 0 Å². The van der Waals surface area contributed by atoms with E-state index in [1.165, 1.54) is 5.56 Å². The summed E-state index contributed by atoms with van der Waals surface area (Å²) >= 11 is 3.49. The Balaban J connectivity index is 1.72. The maximum Gasteiger partial charge on any atom is 0.116 e. The third-order valence-corrected chi connectivity index (χ3v) is 5.76. The van der Waals surface area contributed by atoms with Crippen LogP contribution in [0.5, 0.6) is 0 Å². The maximum absolute atomic E-state index is 11.4. The highest BCUT2D eigenvalue weighted by Gasteiger charge is 2.52. The van der Waals surface area contributed by atoms with Crippen molar-refractivity contribution in [2.45, 2.75) is 30.5 Å². The quantitative estimate of drug-likeness (QED) is 0.870. The van der Waals surface area contributed by atoms with E-state index in [9.17, 15) is 5.11 Å². The van der Waals surface area contributed by atoms with E-state index in [0.717, 1.165) is 29.5 Å². The number of fused-ring (bicyclic) bond motifs is 2. The summed E-state index contributed by atoms with van der Waals surface area (Å²) in [5, 5.41) is 11.4. The number of benzene rings is 2. The van der Waals surface area contributed by atoms with Crippen LogP contribution in [0.15, 0.2) is 59.1 Å². The van der Waals surface area contributed by atoms with Gasteiger partial charge in [-0.05, 0) is 47.9 Å². The minimum atomic E-state index is -0.883. The molecule has 0 unspecified atom stereocenters. The second-order valence-electron chi connectivity index (χ2n) is 6.47. The number of aliphatic hydroxyl groups is 1. The molecular formula is C19H19BrO2. The Hall–Kier alpha value is -1.16. The highest BCUT2D eigenvalue weighted by atomic mass is 79.9. The van der Waals surface area contributed by atoms with Gasteiger partial charge in [-0.1, -0.05) is 58.4 Å². The summed E-state index contributed by atoms with van der Waals surface area (Å²) in [7, 11) is 0. The van der Waals surface area contributed by atoms with Gasteiger partial charge in [0.05, 0.1) is 12.7 Å². The summed E-state index contributed by atoms with van der Waals surface area (Å²) < 4.78 is 7.05. The summed E-state index contributed by atoms with van der Waals surface area (Å²) in [6, 6.07) is 18.5. The van der Waals surface area contributed by atoms with Gasteiger partial charge >= 0.3 is 0 Å². The normalized spacial score (nSPS) is 33.8. The molecule has 2 fully saturated rings. The fourth-order valence-electron chi connectivity index (χ4n) is 4.03. The number of rotatable bonds is 2. The molecule has 114 valence electrons. The molecule has 1 aliphatic carbocycles. The van der Waals surface area contributed by atoms with Crippen molar-refractivity contribution in [3.8, 4) is 0 Å². The topological polar surface area (TPSA) is 29.5 Å². The molecule has 22 heavy (non-hydrogen) atoms. The molecule has 2 nitrogen and oxygen atoms in total. The molecule has 1 N–H and O–H groups in total. The molecule has 4 rings (SSSR count). The Labute approximate surface area is 139 Å². The van der Waals surface area contributed by atoms with Crippen LogP contribution >= 0.6 is 15.9 Å². The van der Waals surface area contributed by atoms with Crippen LogP contribution < -0.4 is 0 Å². The molecule has 1 aliphatic heterocycles. The zero-order valence-corrected chi connectivity index (χ0v) is 13.9. The van der Waals surface area contributed by atoms with Gasteiger partial charge in [-0.2, -0.15) is 0 Å². The Morgan fingerprint density at radius 3 is 2.50 bits per heavy atom. The standard InChI is InChI=1S/C19H19BrO2/c20-16-8-6-13(7-9-16)17-11-19(21,15-4-2-1-3-5-15)18-10-14(17)12-22-18/h1-9,14,17-18,21H,10-12H2/t14-,17+,18-,19+/m1/s1. The third kappa shape index (κ3) is 2.32. The molecule has 1 heterocycles. The van der Waals surface area contributed by atoms with Gasteiger partial charge in [0.15, 0.2) is 0 Å². The summed E-state index contributed by atoms with van der Waals surface area (Å²) in [5.74, 6) is 0.854. The lowest BCUT2D eigenvalue weighted by atomic mass is 9.67. The second-order valence-corrected chi connectivity index (χ2v) is 7.39. The van der Waals surface area contributed by atoms with E-state index in [1.54, 1.807) is 0 Å². The maximum atomic E-state index is 11.4. The van der Waals surface area contributed by atoms with Crippen molar-refractivity contribution in [3.63, 3.8) is 0 Å². The highest BCUT2D eigenvalue weighted by Crippen LogP contribution is 2.52. The van der Waals surface area contributed by atoms with Crippen LogP contribution in [0.2, 0.25) is 0 Å². The Kier molecular flexibility index (Phi) is 3.60. The van der Waals surface area contributed by atoms with Crippen molar-refractivity contribution in [1.29, 1.82) is 0 Å². The van der Waals surface area contributed by atoms with E-state index in [4.69, 9.17) is 4.74 Å². The number of ether oxygens (including phenoxy) is 1. The third-order valence-electron chi connectivity index (χ3n) is 5.23. The molecule has 0 spiro atoms. The lowest BCUT2D eigenvalue weighted by molar-refractivity contribution is -0.0996. The largest absolute Gasteiger partial charge is 0.382 e. The van der Waals surface area contributed by atoms with Crippen molar-refractivity contribution in [2.75, 3.05) is 6.61 Å². The molecule has 0 aromatic heterocycles. The predicted molar refractivity (Wildman–Crippen MR) is 89.7 cm³/mol. The number of hydrogen-bond acceptors (Lipinski definition) is 2. The van der Waals surface area contributed by atoms with Crippen LogP contribution in [0.3, 0.4) is 0 Å². The molecule has 0 radical (unpaired) electrons. The lowest BCUT2D eigenvalue weighted by Crippen LogP contribution is -2.44. The molecule has 2 aromatic rings. The Morgan fingerprint density at radius 2 is 1.77 bits per heavy atom. The summed E-state index contributed by atoms with van der Waals surface area (Å²) in [6.45, 7) is 0.751. The molecule has 0 amide bonds. The van der Waals surface area contributed by atoms with Gasteiger partial charge in [-0.25, -0.2) is 0 Å². The zero-order valence-electron chi connectivity index (χ0n) is 12.3. The predicted octanol–water partition coefficient (Wildman–Crippen LogP) is 4.23. The SMILES string of the molecule is O[C@]1(c2ccccc2)C[C@@H](c2ccc(Br)cc2)[C@H]2CO[C@@H]1C2. The first-order valence-corrected chi connectivity index (χ1v) is 8.61. The minimum absolute atomic E-state index is 0.0772. The fraction of sp³-hybridized carbons (Fsp3) is 0.368. The van der Waals surface area contributed by atoms with Crippen molar-refractivity contribution < 1.29 is 9.84 Å². The first-order chi connectivity index (χ1) is 10.7. The molecule has 2 aliphatic rings. The summed E-state index contributed by atoms with van der Waals surface area (Å²) in [6.07, 6.45) is 1.59. The highest BCUT2D eigenvalue weighted by molar-refractivity contribution is 9.10. The molecule has 3 heteroatoms. The number of halogens is 1. The van der Waals surface area contributed by atoms with Crippen molar-refractivity contribution in [3.05, 3.63) is 70.2 Å². The van der Waals surface area contributed by atoms with E-state index in [1.807, 2.05) is 30.3 Å². The van der Waals surface area contributed by atoms with Crippen molar-refractivity contribution in [2.24, 2.45) is 5.92 Å². The van der Waals surface area contributed by atoms with Crippen molar-refractivity contribution in [1.82, 2.24) is 0 Å².